The molecule has 6 nitrogen and oxygen atoms in total. The Labute approximate surface area is 164 Å². The normalized spacial score (nSPS) is 12.0. The summed E-state index contributed by atoms with van der Waals surface area (Å²) < 4.78 is 6.07. The molecule has 0 aliphatic heterocycles. The second kappa shape index (κ2) is 8.08. The van der Waals surface area contributed by atoms with Crippen LogP contribution in [0.4, 0.5) is 5.69 Å². The number of carbonyl (C=O) groups is 1. The van der Waals surface area contributed by atoms with Crippen molar-refractivity contribution in [3.63, 3.8) is 0 Å². The summed E-state index contributed by atoms with van der Waals surface area (Å²) in [7, 11) is 0. The summed E-state index contributed by atoms with van der Waals surface area (Å²) in [6.07, 6.45) is 0.499. The number of aliphatic imine (C=N–C) groups is 1. The van der Waals surface area contributed by atoms with Crippen molar-refractivity contribution >= 4 is 29.0 Å². The van der Waals surface area contributed by atoms with Crippen LogP contribution in [-0.2, 0) is 4.79 Å². The minimum Gasteiger partial charge on any atom is -0.492 e. The third-order valence-electron chi connectivity index (χ3n) is 3.97. The Bertz CT molecular complexity index is 1020. The number of guanidine groups is 1. The van der Waals surface area contributed by atoms with E-state index in [1.807, 2.05) is 54.6 Å². The number of nitrogens with two attached hydrogens (primary N) is 1. The number of ether oxygens (including phenoxy) is 1. The first-order valence-electron chi connectivity index (χ1n) is 9.04. The van der Waals surface area contributed by atoms with Gasteiger partial charge >= 0.3 is 0 Å². The zero-order valence-corrected chi connectivity index (χ0v) is 16.3. The SMILES string of the molecule is CC(C)(C)COc1ccccc1-c1cc(N=C(N)NC=O)c2ccccc2n1. The number of hydrogen-bond acceptors (Lipinski definition) is 4. The van der Waals surface area contributed by atoms with Crippen LogP contribution in [-0.4, -0.2) is 24.0 Å². The van der Waals surface area contributed by atoms with E-state index in [1.54, 1.807) is 0 Å². The second-order valence-corrected chi connectivity index (χ2v) is 7.65. The molecule has 0 saturated carbocycles. The highest BCUT2D eigenvalue weighted by atomic mass is 16.5. The number of hydrogen-bond donors (Lipinski definition) is 2. The Kier molecular flexibility index (Phi) is 5.59. The van der Waals surface area contributed by atoms with Crippen LogP contribution in [0.1, 0.15) is 20.8 Å². The van der Waals surface area contributed by atoms with Crippen LogP contribution >= 0.6 is 0 Å². The number of benzene rings is 2. The van der Waals surface area contributed by atoms with E-state index in [1.165, 1.54) is 0 Å². The summed E-state index contributed by atoms with van der Waals surface area (Å²) in [5.41, 5.74) is 8.82. The summed E-state index contributed by atoms with van der Waals surface area (Å²) in [5, 5.41) is 3.21. The molecule has 0 radical (unpaired) electrons. The van der Waals surface area contributed by atoms with Gasteiger partial charge in [-0.3, -0.25) is 10.1 Å². The molecule has 0 bridgehead atoms. The zero-order chi connectivity index (χ0) is 20.1. The fourth-order valence-corrected chi connectivity index (χ4v) is 2.71. The van der Waals surface area contributed by atoms with Crippen molar-refractivity contribution in [1.82, 2.24) is 10.3 Å². The van der Waals surface area contributed by atoms with E-state index in [2.05, 4.69) is 31.1 Å². The fraction of sp³-hybridized carbons (Fsp3) is 0.227. The maximum absolute atomic E-state index is 10.7. The lowest BCUT2D eigenvalue weighted by Crippen LogP contribution is -2.29. The molecule has 0 fully saturated rings. The van der Waals surface area contributed by atoms with E-state index in [0.717, 1.165) is 27.9 Å². The van der Waals surface area contributed by atoms with Gasteiger partial charge in [0.05, 0.1) is 23.5 Å². The van der Waals surface area contributed by atoms with Gasteiger partial charge in [-0.25, -0.2) is 9.98 Å². The summed E-state index contributed by atoms with van der Waals surface area (Å²) >= 11 is 0. The van der Waals surface area contributed by atoms with E-state index >= 15 is 0 Å². The lowest BCUT2D eigenvalue weighted by Gasteiger charge is -2.20. The van der Waals surface area contributed by atoms with Gasteiger partial charge < -0.3 is 10.5 Å². The largest absolute Gasteiger partial charge is 0.492 e. The van der Waals surface area contributed by atoms with Gasteiger partial charge in [0.15, 0.2) is 5.96 Å². The molecule has 0 aliphatic carbocycles. The summed E-state index contributed by atoms with van der Waals surface area (Å²) in [6, 6.07) is 17.3. The second-order valence-electron chi connectivity index (χ2n) is 7.65. The van der Waals surface area contributed by atoms with E-state index in [4.69, 9.17) is 15.5 Å². The quantitative estimate of drug-likeness (QED) is 0.400. The van der Waals surface area contributed by atoms with Crippen LogP contribution < -0.4 is 15.8 Å². The smallest absolute Gasteiger partial charge is 0.213 e. The minimum absolute atomic E-state index is 0.0228. The summed E-state index contributed by atoms with van der Waals surface area (Å²) in [5.74, 6) is 0.781. The van der Waals surface area contributed by atoms with Crippen molar-refractivity contribution in [1.29, 1.82) is 0 Å². The number of fused-ring (bicyclic) bond motifs is 1. The molecule has 0 aliphatic rings. The highest BCUT2D eigenvalue weighted by molar-refractivity contribution is 5.97. The van der Waals surface area contributed by atoms with Gasteiger partial charge in [-0.05, 0) is 29.7 Å². The van der Waals surface area contributed by atoms with Gasteiger partial charge in [0.2, 0.25) is 6.41 Å². The number of aromatic nitrogens is 1. The minimum atomic E-state index is 0.0228. The highest BCUT2D eigenvalue weighted by Crippen LogP contribution is 2.35. The monoisotopic (exact) mass is 376 g/mol. The third-order valence-corrected chi connectivity index (χ3v) is 3.97. The van der Waals surface area contributed by atoms with Gasteiger partial charge in [0, 0.05) is 10.9 Å². The van der Waals surface area contributed by atoms with Crippen LogP contribution in [0.5, 0.6) is 5.75 Å². The predicted octanol–water partition coefficient (Wildman–Crippen LogP) is 4.02. The molecular formula is C22H24N4O2. The number of amides is 1. The van der Waals surface area contributed by atoms with Crippen LogP contribution in [0.3, 0.4) is 0 Å². The van der Waals surface area contributed by atoms with E-state index in [0.29, 0.717) is 18.7 Å². The van der Waals surface area contributed by atoms with Crippen molar-refractivity contribution in [3.8, 4) is 17.0 Å². The molecule has 1 aromatic heterocycles. The van der Waals surface area contributed by atoms with Gasteiger partial charge in [0.25, 0.3) is 0 Å². The topological polar surface area (TPSA) is 89.6 Å². The Morgan fingerprint density at radius 1 is 1.18 bits per heavy atom. The molecule has 2 aromatic carbocycles. The maximum atomic E-state index is 10.7. The lowest BCUT2D eigenvalue weighted by molar-refractivity contribution is -0.108. The molecule has 3 aromatic rings. The van der Waals surface area contributed by atoms with Crippen molar-refractivity contribution in [2.75, 3.05) is 6.61 Å². The fourth-order valence-electron chi connectivity index (χ4n) is 2.71. The summed E-state index contributed by atoms with van der Waals surface area (Å²) in [4.78, 5) is 19.8. The van der Waals surface area contributed by atoms with Crippen LogP contribution in [0.25, 0.3) is 22.2 Å². The van der Waals surface area contributed by atoms with Crippen LogP contribution in [0, 0.1) is 5.41 Å². The average molecular weight is 376 g/mol. The highest BCUT2D eigenvalue weighted by Gasteiger charge is 2.15. The standard InChI is InChI=1S/C22H24N4O2/c1-22(2,3)13-28-20-11-7-5-9-16(20)19-12-18(26-21(23)24-14-27)15-8-4-6-10-17(15)25-19/h4-12,14H,13H2,1-3H3,(H3,23,24,25,26,27). The van der Waals surface area contributed by atoms with E-state index < -0.39 is 0 Å². The summed E-state index contributed by atoms with van der Waals surface area (Å²) in [6.45, 7) is 6.96. The Morgan fingerprint density at radius 3 is 2.64 bits per heavy atom. The number of pyridine rings is 1. The Balaban J connectivity index is 2.12. The molecule has 0 unspecified atom stereocenters. The van der Waals surface area contributed by atoms with Gasteiger partial charge in [-0.1, -0.05) is 51.1 Å². The Hall–Kier alpha value is -3.41. The molecule has 1 amide bonds. The van der Waals surface area contributed by atoms with Gasteiger partial charge in [-0.2, -0.15) is 0 Å². The molecule has 3 N–H and O–H groups in total. The molecule has 28 heavy (non-hydrogen) atoms. The van der Waals surface area contributed by atoms with Crippen LogP contribution in [0.2, 0.25) is 0 Å². The molecular weight excluding hydrogens is 352 g/mol. The molecule has 1 heterocycles. The average Bonchev–Trinajstić information content (AvgIpc) is 2.66. The molecule has 144 valence electrons. The van der Waals surface area contributed by atoms with Crippen molar-refractivity contribution in [3.05, 3.63) is 54.6 Å². The van der Waals surface area contributed by atoms with Crippen molar-refractivity contribution in [2.45, 2.75) is 20.8 Å². The predicted molar refractivity (Wildman–Crippen MR) is 113 cm³/mol. The van der Waals surface area contributed by atoms with E-state index in [-0.39, 0.29) is 11.4 Å². The first kappa shape index (κ1) is 19.4. The number of carbonyl (C=O) groups excluding carboxylic acids is 1. The molecule has 3 rings (SSSR count). The van der Waals surface area contributed by atoms with Crippen LogP contribution in [0.15, 0.2) is 59.6 Å². The first-order chi connectivity index (χ1) is 13.4. The zero-order valence-electron chi connectivity index (χ0n) is 16.3. The maximum Gasteiger partial charge on any atom is 0.213 e. The first-order valence-corrected chi connectivity index (χ1v) is 9.04. The third kappa shape index (κ3) is 4.65. The lowest BCUT2D eigenvalue weighted by atomic mass is 9.98. The van der Waals surface area contributed by atoms with Gasteiger partial charge in [0.1, 0.15) is 5.75 Å². The molecule has 0 saturated heterocycles. The number of nitrogens with zero attached hydrogens (tertiary/aromatic N) is 2. The molecule has 0 spiro atoms. The van der Waals surface area contributed by atoms with Gasteiger partial charge in [-0.15, -0.1) is 0 Å². The molecule has 6 heteroatoms. The molecule has 0 atom stereocenters. The Morgan fingerprint density at radius 2 is 1.89 bits per heavy atom. The number of para-hydroxylation sites is 2. The van der Waals surface area contributed by atoms with Crippen molar-refractivity contribution in [2.24, 2.45) is 16.1 Å². The van der Waals surface area contributed by atoms with Crippen molar-refractivity contribution < 1.29 is 9.53 Å². The van der Waals surface area contributed by atoms with E-state index in [9.17, 15) is 4.79 Å². The number of rotatable bonds is 5. The number of nitrogens with one attached hydrogen (secondary N) is 1.